The van der Waals surface area contributed by atoms with Crippen LogP contribution in [0.25, 0.3) is 0 Å². The van der Waals surface area contributed by atoms with Crippen LogP contribution >= 0.6 is 0 Å². The van der Waals surface area contributed by atoms with E-state index in [4.69, 9.17) is 5.26 Å². The summed E-state index contributed by atoms with van der Waals surface area (Å²) >= 11 is 0. The Morgan fingerprint density at radius 1 is 1.23 bits per heavy atom. The molecule has 0 aliphatic heterocycles. The predicted molar refractivity (Wildman–Crippen MR) is 111 cm³/mol. The van der Waals surface area contributed by atoms with E-state index in [0.717, 1.165) is 33.8 Å². The summed E-state index contributed by atoms with van der Waals surface area (Å²) in [5.74, 6) is -0.360. The first-order valence-corrected chi connectivity index (χ1v) is 9.30. The van der Waals surface area contributed by atoms with E-state index in [1.54, 1.807) is 12.1 Å². The quantitative estimate of drug-likeness (QED) is 0.354. The summed E-state index contributed by atoms with van der Waals surface area (Å²) in [7, 11) is 0. The van der Waals surface area contributed by atoms with Crippen LogP contribution in [0.4, 0.5) is 5.69 Å². The van der Waals surface area contributed by atoms with E-state index >= 15 is 0 Å². The van der Waals surface area contributed by atoms with Crippen LogP contribution < -0.4 is 5.56 Å². The lowest BCUT2D eigenvalue weighted by atomic mass is 10.1. The lowest BCUT2D eigenvalue weighted by Gasteiger charge is -2.19. The van der Waals surface area contributed by atoms with Crippen molar-refractivity contribution in [2.75, 3.05) is 0 Å². The summed E-state index contributed by atoms with van der Waals surface area (Å²) in [4.78, 5) is 35.7. The largest absolute Gasteiger partial charge is 0.341 e. The molecule has 0 saturated carbocycles. The van der Waals surface area contributed by atoms with Crippen molar-refractivity contribution in [1.29, 1.82) is 5.26 Å². The van der Waals surface area contributed by atoms with Gasteiger partial charge in [0.05, 0.1) is 23.7 Å². The fourth-order valence-electron chi connectivity index (χ4n) is 3.69. The Hall–Kier alpha value is -3.99. The highest BCUT2D eigenvalue weighted by Crippen LogP contribution is 2.26. The third-order valence-corrected chi connectivity index (χ3v) is 5.17. The number of pyridine rings is 1. The molecule has 0 aliphatic carbocycles. The third-order valence-electron chi connectivity index (χ3n) is 5.17. The van der Waals surface area contributed by atoms with E-state index in [1.165, 1.54) is 0 Å². The third kappa shape index (κ3) is 3.78. The fraction of sp³-hybridized carbons (Fsp3) is 0.227. The maximum Gasteiger partial charge on any atom is 0.287 e. The Morgan fingerprint density at radius 2 is 1.90 bits per heavy atom. The van der Waals surface area contributed by atoms with E-state index in [2.05, 4.69) is 0 Å². The minimum Gasteiger partial charge on any atom is -0.341 e. The van der Waals surface area contributed by atoms with Crippen molar-refractivity contribution in [2.24, 2.45) is 0 Å². The number of ketones is 1. The molecule has 152 valence electrons. The normalized spacial score (nSPS) is 11.7. The molecule has 0 amide bonds. The Labute approximate surface area is 172 Å². The molecule has 8 nitrogen and oxygen atoms in total. The summed E-state index contributed by atoms with van der Waals surface area (Å²) in [6, 6.07) is 14.2. The fourth-order valence-corrected chi connectivity index (χ4v) is 3.69. The topological polar surface area (TPSA) is 111 Å². The van der Waals surface area contributed by atoms with Crippen molar-refractivity contribution in [3.05, 3.63) is 97.2 Å². The number of benzene rings is 1. The molecule has 8 heteroatoms. The SMILES string of the molecule is Cc1cc(C(=O)Cn2cc([N+](=O)[O-])cc(C#N)c2=O)c(C)n1[C@H](C)c1ccccc1. The minimum absolute atomic E-state index is 0.00141. The molecule has 3 aromatic rings. The second-order valence-corrected chi connectivity index (χ2v) is 7.08. The van der Waals surface area contributed by atoms with Crippen LogP contribution in [-0.2, 0) is 6.54 Å². The maximum absolute atomic E-state index is 13.0. The number of rotatable bonds is 6. The Morgan fingerprint density at radius 3 is 2.50 bits per heavy atom. The number of hydrogen-bond donors (Lipinski definition) is 0. The first-order chi connectivity index (χ1) is 14.2. The first kappa shape index (κ1) is 20.7. The molecule has 30 heavy (non-hydrogen) atoms. The highest BCUT2D eigenvalue weighted by molar-refractivity contribution is 5.97. The summed E-state index contributed by atoms with van der Waals surface area (Å²) in [5, 5.41) is 20.2. The zero-order valence-corrected chi connectivity index (χ0v) is 16.8. The summed E-state index contributed by atoms with van der Waals surface area (Å²) in [5.41, 5.74) is 1.63. The zero-order valence-electron chi connectivity index (χ0n) is 16.8. The summed E-state index contributed by atoms with van der Waals surface area (Å²) < 4.78 is 2.96. The lowest BCUT2D eigenvalue weighted by molar-refractivity contribution is -0.385. The highest BCUT2D eigenvalue weighted by Gasteiger charge is 2.21. The van der Waals surface area contributed by atoms with Gasteiger partial charge in [0.25, 0.3) is 11.2 Å². The van der Waals surface area contributed by atoms with Gasteiger partial charge >= 0.3 is 0 Å². The van der Waals surface area contributed by atoms with Gasteiger partial charge in [-0.25, -0.2) is 0 Å². The van der Waals surface area contributed by atoms with Crippen molar-refractivity contribution >= 4 is 11.5 Å². The van der Waals surface area contributed by atoms with Gasteiger partial charge in [-0.15, -0.1) is 0 Å². The van der Waals surface area contributed by atoms with Crippen molar-refractivity contribution in [2.45, 2.75) is 33.4 Å². The number of Topliss-reactive ketones (excluding diaryl/α,β-unsaturated/α-hetero) is 1. The maximum atomic E-state index is 13.0. The van der Waals surface area contributed by atoms with Gasteiger partial charge < -0.3 is 4.57 Å². The lowest BCUT2D eigenvalue weighted by Crippen LogP contribution is -2.26. The van der Waals surface area contributed by atoms with Crippen molar-refractivity contribution in [3.63, 3.8) is 0 Å². The number of hydrogen-bond acceptors (Lipinski definition) is 5. The molecule has 2 aromatic heterocycles. The van der Waals surface area contributed by atoms with Gasteiger partial charge in [-0.3, -0.25) is 24.3 Å². The van der Waals surface area contributed by atoms with Crippen LogP contribution in [-0.4, -0.2) is 19.8 Å². The standard InChI is InChI=1S/C22H20N4O4/c1-14-9-20(16(3)25(14)15(2)17-7-5-4-6-8-17)21(27)13-24-12-19(26(29)30)10-18(11-23)22(24)28/h4-10,12,15H,13H2,1-3H3/t15-/m1/s1. The Balaban J connectivity index is 1.98. The van der Waals surface area contributed by atoms with Crippen LogP contribution in [0.1, 0.15) is 45.8 Å². The average molecular weight is 404 g/mol. The number of carbonyl (C=O) groups is 1. The van der Waals surface area contributed by atoms with Gasteiger partial charge in [-0.2, -0.15) is 5.26 Å². The van der Waals surface area contributed by atoms with E-state index in [0.29, 0.717) is 5.56 Å². The molecule has 0 spiro atoms. The second-order valence-electron chi connectivity index (χ2n) is 7.08. The van der Waals surface area contributed by atoms with E-state index < -0.39 is 16.2 Å². The van der Waals surface area contributed by atoms with Crippen molar-refractivity contribution < 1.29 is 9.72 Å². The molecule has 1 aromatic carbocycles. The van der Waals surface area contributed by atoms with Gasteiger partial charge in [-0.05, 0) is 32.4 Å². The van der Waals surface area contributed by atoms with Crippen LogP contribution in [0.3, 0.4) is 0 Å². The van der Waals surface area contributed by atoms with Crippen LogP contribution in [0, 0.1) is 35.3 Å². The van der Waals surface area contributed by atoms with E-state index in [1.807, 2.05) is 55.7 Å². The van der Waals surface area contributed by atoms with E-state index in [9.17, 15) is 19.7 Å². The number of nitro groups is 1. The zero-order chi connectivity index (χ0) is 22.0. The second kappa shape index (κ2) is 8.17. The summed E-state index contributed by atoms with van der Waals surface area (Å²) in [6.45, 7) is 5.38. The molecule has 0 unspecified atom stereocenters. The number of aromatic nitrogens is 2. The van der Waals surface area contributed by atoms with Crippen molar-refractivity contribution in [1.82, 2.24) is 9.13 Å². The van der Waals surface area contributed by atoms with Crippen LogP contribution in [0.5, 0.6) is 0 Å². The van der Waals surface area contributed by atoms with Crippen molar-refractivity contribution in [3.8, 4) is 6.07 Å². The molecular weight excluding hydrogens is 384 g/mol. The molecule has 0 aliphatic rings. The molecule has 0 N–H and O–H groups in total. The minimum atomic E-state index is -0.733. The van der Waals surface area contributed by atoms with Crippen LogP contribution in [0.15, 0.2) is 53.5 Å². The molecule has 0 bridgehead atoms. The van der Waals surface area contributed by atoms with E-state index in [-0.39, 0.29) is 23.9 Å². The highest BCUT2D eigenvalue weighted by atomic mass is 16.6. The Bertz CT molecular complexity index is 1230. The molecule has 0 radical (unpaired) electrons. The number of carbonyl (C=O) groups excluding carboxylic acids is 1. The van der Waals surface area contributed by atoms with Gasteiger partial charge in [0.15, 0.2) is 5.78 Å². The molecule has 2 heterocycles. The van der Waals surface area contributed by atoms with Gasteiger partial charge in [0.2, 0.25) is 0 Å². The number of nitriles is 1. The molecule has 3 rings (SSSR count). The van der Waals surface area contributed by atoms with Crippen LogP contribution in [0.2, 0.25) is 0 Å². The molecule has 0 fully saturated rings. The van der Waals surface area contributed by atoms with Gasteiger partial charge in [-0.1, -0.05) is 30.3 Å². The number of nitrogens with zero attached hydrogens (tertiary/aromatic N) is 4. The smallest absolute Gasteiger partial charge is 0.287 e. The average Bonchev–Trinajstić information content (AvgIpc) is 3.03. The number of aryl methyl sites for hydroxylation is 1. The molecule has 1 atom stereocenters. The van der Waals surface area contributed by atoms with Gasteiger partial charge in [0.1, 0.15) is 11.6 Å². The Kier molecular flexibility index (Phi) is 5.65. The summed E-state index contributed by atoms with van der Waals surface area (Å²) in [6.07, 6.45) is 0.993. The molecule has 0 saturated heterocycles. The predicted octanol–water partition coefficient (Wildman–Crippen LogP) is 3.54. The monoisotopic (exact) mass is 404 g/mol. The first-order valence-electron chi connectivity index (χ1n) is 9.30. The molecular formula is C22H20N4O4. The van der Waals surface area contributed by atoms with Gasteiger partial charge in [0, 0.05) is 23.0 Å².